The maximum atomic E-state index is 5.32. The van der Waals surface area contributed by atoms with Gasteiger partial charge in [0.15, 0.2) is 11.5 Å². The monoisotopic (exact) mass is 343 g/mol. The zero-order valence-corrected chi connectivity index (χ0v) is 14.0. The molecule has 0 aliphatic carbocycles. The summed E-state index contributed by atoms with van der Waals surface area (Å²) >= 11 is 3.55. The van der Waals surface area contributed by atoms with Crippen LogP contribution in [-0.2, 0) is 4.74 Å². The fourth-order valence-electron chi connectivity index (χ4n) is 1.76. The Morgan fingerprint density at radius 2 is 1.85 bits per heavy atom. The van der Waals surface area contributed by atoms with Crippen LogP contribution in [0.2, 0.25) is 0 Å². The van der Waals surface area contributed by atoms with Crippen LogP contribution >= 0.6 is 15.9 Å². The molecular weight excluding hydrogens is 322 g/mol. The molecule has 5 heteroatoms. The van der Waals surface area contributed by atoms with Crippen molar-refractivity contribution >= 4 is 22.0 Å². The molecule has 0 aliphatic heterocycles. The fraction of sp³-hybridized carbons (Fsp3) is 0.467. The van der Waals surface area contributed by atoms with Gasteiger partial charge in [-0.05, 0) is 24.6 Å². The summed E-state index contributed by atoms with van der Waals surface area (Å²) in [6, 6.07) is 3.87. The highest BCUT2D eigenvalue weighted by Gasteiger charge is 2.08. The van der Waals surface area contributed by atoms with Gasteiger partial charge >= 0.3 is 0 Å². The lowest BCUT2D eigenvalue weighted by atomic mass is 10.1. The van der Waals surface area contributed by atoms with E-state index in [1.54, 1.807) is 21.3 Å². The van der Waals surface area contributed by atoms with Gasteiger partial charge in [0, 0.05) is 24.7 Å². The third kappa shape index (κ3) is 5.15. The van der Waals surface area contributed by atoms with Gasteiger partial charge in [-0.15, -0.1) is 0 Å². The van der Waals surface area contributed by atoms with Crippen LogP contribution in [-0.4, -0.2) is 41.0 Å². The summed E-state index contributed by atoms with van der Waals surface area (Å²) < 4.78 is 16.6. The van der Waals surface area contributed by atoms with E-state index in [9.17, 15) is 0 Å². The quantitative estimate of drug-likeness (QED) is 0.736. The van der Waals surface area contributed by atoms with Crippen molar-refractivity contribution in [3.05, 3.63) is 27.7 Å². The third-order valence-electron chi connectivity index (χ3n) is 2.79. The number of halogens is 1. The standard InChI is InChI=1S/C15H22BrNO3/c1-11(10-17-5-6-18-2)7-12-8-14(19-3)15(20-4)9-13(12)16/h7-9,17H,5-6,10H2,1-4H3. The zero-order valence-electron chi connectivity index (χ0n) is 12.5. The van der Waals surface area contributed by atoms with E-state index in [-0.39, 0.29) is 0 Å². The van der Waals surface area contributed by atoms with Crippen molar-refractivity contribution in [1.29, 1.82) is 0 Å². The summed E-state index contributed by atoms with van der Waals surface area (Å²) in [6.07, 6.45) is 2.12. The Balaban J connectivity index is 2.80. The number of hydrogen-bond acceptors (Lipinski definition) is 4. The van der Waals surface area contributed by atoms with Crippen molar-refractivity contribution in [3.8, 4) is 11.5 Å². The summed E-state index contributed by atoms with van der Waals surface area (Å²) in [5, 5.41) is 3.31. The van der Waals surface area contributed by atoms with Crippen molar-refractivity contribution in [2.75, 3.05) is 41.0 Å². The predicted molar refractivity (Wildman–Crippen MR) is 85.6 cm³/mol. The molecule has 0 aliphatic rings. The fourth-order valence-corrected chi connectivity index (χ4v) is 2.19. The van der Waals surface area contributed by atoms with Gasteiger partial charge < -0.3 is 19.5 Å². The predicted octanol–water partition coefficient (Wildman–Crippen LogP) is 3.11. The number of hydrogen-bond donors (Lipinski definition) is 1. The van der Waals surface area contributed by atoms with Crippen LogP contribution in [0.15, 0.2) is 22.2 Å². The molecule has 0 heterocycles. The molecule has 0 fully saturated rings. The zero-order chi connectivity index (χ0) is 15.0. The van der Waals surface area contributed by atoms with E-state index in [2.05, 4.69) is 34.2 Å². The second kappa shape index (κ2) is 9.00. The van der Waals surface area contributed by atoms with Gasteiger partial charge in [-0.2, -0.15) is 0 Å². The molecule has 0 bridgehead atoms. The average molecular weight is 344 g/mol. The van der Waals surface area contributed by atoms with Gasteiger partial charge in [0.1, 0.15) is 0 Å². The minimum atomic E-state index is 0.715. The van der Waals surface area contributed by atoms with Crippen molar-refractivity contribution in [2.24, 2.45) is 0 Å². The molecule has 0 unspecified atom stereocenters. The van der Waals surface area contributed by atoms with E-state index >= 15 is 0 Å². The van der Waals surface area contributed by atoms with Crippen LogP contribution in [0, 0.1) is 0 Å². The molecule has 0 aromatic heterocycles. The van der Waals surface area contributed by atoms with Crippen molar-refractivity contribution in [2.45, 2.75) is 6.92 Å². The van der Waals surface area contributed by atoms with Gasteiger partial charge in [0.25, 0.3) is 0 Å². The second-order valence-corrected chi connectivity index (χ2v) is 5.24. The molecule has 0 spiro atoms. The average Bonchev–Trinajstić information content (AvgIpc) is 2.45. The molecule has 1 N–H and O–H groups in total. The van der Waals surface area contributed by atoms with E-state index in [0.717, 1.165) is 28.9 Å². The largest absolute Gasteiger partial charge is 0.493 e. The minimum absolute atomic E-state index is 0.715. The van der Waals surface area contributed by atoms with E-state index in [1.807, 2.05) is 12.1 Å². The van der Waals surface area contributed by atoms with Gasteiger partial charge in [0.05, 0.1) is 20.8 Å². The Labute approximate surface area is 129 Å². The molecule has 0 saturated heterocycles. The molecule has 20 heavy (non-hydrogen) atoms. The number of rotatable bonds is 8. The molecular formula is C15H22BrNO3. The Kier molecular flexibility index (Phi) is 7.65. The molecule has 0 radical (unpaired) electrons. The lowest BCUT2D eigenvalue weighted by Crippen LogP contribution is -2.20. The van der Waals surface area contributed by atoms with Gasteiger partial charge in [-0.1, -0.05) is 27.6 Å². The normalized spacial score (nSPS) is 11.6. The summed E-state index contributed by atoms with van der Waals surface area (Å²) in [6.45, 7) is 4.47. The molecule has 1 aromatic rings. The first-order valence-corrected chi connectivity index (χ1v) is 7.20. The highest BCUT2D eigenvalue weighted by molar-refractivity contribution is 9.10. The van der Waals surface area contributed by atoms with Gasteiger partial charge in [-0.25, -0.2) is 0 Å². The number of ether oxygens (including phenoxy) is 3. The molecule has 112 valence electrons. The third-order valence-corrected chi connectivity index (χ3v) is 3.48. The molecule has 1 aromatic carbocycles. The SMILES string of the molecule is COCCNCC(C)=Cc1cc(OC)c(OC)cc1Br. The summed E-state index contributed by atoms with van der Waals surface area (Å²) in [5.74, 6) is 1.44. The first-order chi connectivity index (χ1) is 9.62. The first kappa shape index (κ1) is 17.0. The van der Waals surface area contributed by atoms with Crippen LogP contribution in [0.1, 0.15) is 12.5 Å². The highest BCUT2D eigenvalue weighted by Crippen LogP contribution is 2.34. The molecule has 0 amide bonds. The van der Waals surface area contributed by atoms with E-state index in [4.69, 9.17) is 14.2 Å². The number of methoxy groups -OCH3 is 3. The van der Waals surface area contributed by atoms with Crippen molar-refractivity contribution < 1.29 is 14.2 Å². The Bertz CT molecular complexity index is 461. The van der Waals surface area contributed by atoms with Crippen molar-refractivity contribution in [1.82, 2.24) is 5.32 Å². The summed E-state index contributed by atoms with van der Waals surface area (Å²) in [4.78, 5) is 0. The summed E-state index contributed by atoms with van der Waals surface area (Å²) in [5.41, 5.74) is 2.29. The lowest BCUT2D eigenvalue weighted by molar-refractivity contribution is 0.200. The smallest absolute Gasteiger partial charge is 0.161 e. The number of nitrogens with one attached hydrogen (secondary N) is 1. The molecule has 0 atom stereocenters. The molecule has 0 saturated carbocycles. The van der Waals surface area contributed by atoms with Crippen molar-refractivity contribution in [3.63, 3.8) is 0 Å². The van der Waals surface area contributed by atoms with E-state index < -0.39 is 0 Å². The van der Waals surface area contributed by atoms with Crippen LogP contribution in [0.4, 0.5) is 0 Å². The lowest BCUT2D eigenvalue weighted by Gasteiger charge is -2.11. The van der Waals surface area contributed by atoms with Gasteiger partial charge in [0.2, 0.25) is 0 Å². The highest BCUT2D eigenvalue weighted by atomic mass is 79.9. The summed E-state index contributed by atoms with van der Waals surface area (Å²) in [7, 11) is 4.97. The molecule has 4 nitrogen and oxygen atoms in total. The number of benzene rings is 1. The second-order valence-electron chi connectivity index (χ2n) is 4.39. The van der Waals surface area contributed by atoms with E-state index in [1.165, 1.54) is 5.57 Å². The molecule has 1 rings (SSSR count). The maximum absolute atomic E-state index is 5.32. The Morgan fingerprint density at radius 1 is 1.20 bits per heavy atom. The van der Waals surface area contributed by atoms with Crippen LogP contribution in [0.5, 0.6) is 11.5 Å². The van der Waals surface area contributed by atoms with Crippen LogP contribution in [0.3, 0.4) is 0 Å². The van der Waals surface area contributed by atoms with E-state index in [0.29, 0.717) is 12.4 Å². The van der Waals surface area contributed by atoms with Crippen LogP contribution < -0.4 is 14.8 Å². The first-order valence-electron chi connectivity index (χ1n) is 6.40. The topological polar surface area (TPSA) is 39.7 Å². The van der Waals surface area contributed by atoms with Gasteiger partial charge in [-0.3, -0.25) is 0 Å². The minimum Gasteiger partial charge on any atom is -0.493 e. The Morgan fingerprint density at radius 3 is 2.45 bits per heavy atom. The Hall–Kier alpha value is -1.04. The van der Waals surface area contributed by atoms with Crippen LogP contribution in [0.25, 0.3) is 6.08 Å². The maximum Gasteiger partial charge on any atom is 0.161 e.